The molecule has 0 heterocycles. The normalized spacial score (nSPS) is 10.5. The Morgan fingerprint density at radius 1 is 1.16 bits per heavy atom. The van der Waals surface area contributed by atoms with E-state index in [0.717, 1.165) is 16.5 Å². The Morgan fingerprint density at radius 2 is 1.89 bits per heavy atom. The monoisotopic (exact) mass is 259 g/mol. The van der Waals surface area contributed by atoms with E-state index in [-0.39, 0.29) is 12.3 Å². The molecule has 2 aromatic rings. The SMILES string of the molecule is CNCC(=O)c1c(OC)ccc2ccc(OC)cc12. The molecule has 4 heteroatoms. The molecule has 0 amide bonds. The van der Waals surface area contributed by atoms with Crippen LogP contribution >= 0.6 is 0 Å². The maximum absolute atomic E-state index is 12.3. The number of carbonyl (C=O) groups excluding carboxylic acids is 1. The van der Waals surface area contributed by atoms with Crippen molar-refractivity contribution in [3.63, 3.8) is 0 Å². The molecule has 0 unspecified atom stereocenters. The summed E-state index contributed by atoms with van der Waals surface area (Å²) in [5, 5.41) is 4.71. The lowest BCUT2D eigenvalue weighted by Gasteiger charge is -2.12. The minimum Gasteiger partial charge on any atom is -0.497 e. The summed E-state index contributed by atoms with van der Waals surface area (Å²) in [6.45, 7) is 0.271. The summed E-state index contributed by atoms with van der Waals surface area (Å²) in [6.07, 6.45) is 0. The van der Waals surface area contributed by atoms with Crippen molar-refractivity contribution in [1.82, 2.24) is 5.32 Å². The van der Waals surface area contributed by atoms with Crippen LogP contribution in [0.1, 0.15) is 10.4 Å². The second kappa shape index (κ2) is 5.71. The molecule has 0 saturated carbocycles. The fraction of sp³-hybridized carbons (Fsp3) is 0.267. The third kappa shape index (κ3) is 2.53. The first-order valence-corrected chi connectivity index (χ1v) is 6.03. The van der Waals surface area contributed by atoms with Gasteiger partial charge in [0.05, 0.1) is 26.3 Å². The first-order valence-electron chi connectivity index (χ1n) is 6.03. The van der Waals surface area contributed by atoms with Crippen molar-refractivity contribution in [3.05, 3.63) is 35.9 Å². The summed E-state index contributed by atoms with van der Waals surface area (Å²) in [5.74, 6) is 1.30. The molecule has 4 nitrogen and oxygen atoms in total. The van der Waals surface area contributed by atoms with E-state index in [2.05, 4.69) is 5.32 Å². The molecule has 2 rings (SSSR count). The van der Waals surface area contributed by atoms with Crippen molar-refractivity contribution in [2.45, 2.75) is 0 Å². The van der Waals surface area contributed by atoms with Gasteiger partial charge < -0.3 is 14.8 Å². The summed E-state index contributed by atoms with van der Waals surface area (Å²) in [5.41, 5.74) is 0.591. The number of methoxy groups -OCH3 is 2. The first-order chi connectivity index (χ1) is 9.21. The predicted molar refractivity (Wildman–Crippen MR) is 75.3 cm³/mol. The summed E-state index contributed by atoms with van der Waals surface area (Å²) < 4.78 is 10.5. The standard InChI is InChI=1S/C15H17NO3/c1-16-9-13(17)15-12-8-11(18-2)6-4-10(12)5-7-14(15)19-3/h4-8,16H,9H2,1-3H3. The van der Waals surface area contributed by atoms with Crippen LogP contribution < -0.4 is 14.8 Å². The van der Waals surface area contributed by atoms with Crippen LogP contribution in [0.3, 0.4) is 0 Å². The lowest BCUT2D eigenvalue weighted by Crippen LogP contribution is -2.19. The zero-order valence-electron chi connectivity index (χ0n) is 11.3. The number of carbonyl (C=O) groups is 1. The molecule has 100 valence electrons. The minimum absolute atomic E-state index is 0.00166. The van der Waals surface area contributed by atoms with Crippen molar-refractivity contribution >= 4 is 16.6 Å². The molecule has 0 bridgehead atoms. The molecule has 0 aliphatic heterocycles. The summed E-state index contributed by atoms with van der Waals surface area (Å²) in [4.78, 5) is 12.3. The Kier molecular flexibility index (Phi) is 4.02. The van der Waals surface area contributed by atoms with Crippen molar-refractivity contribution in [2.24, 2.45) is 0 Å². The van der Waals surface area contributed by atoms with Crippen molar-refractivity contribution < 1.29 is 14.3 Å². The Morgan fingerprint density at radius 3 is 2.53 bits per heavy atom. The van der Waals surface area contributed by atoms with Crippen LogP contribution in [0.25, 0.3) is 10.8 Å². The highest BCUT2D eigenvalue weighted by Gasteiger charge is 2.16. The lowest BCUT2D eigenvalue weighted by molar-refractivity contribution is 0.0992. The maximum Gasteiger partial charge on any atom is 0.180 e. The molecule has 0 fully saturated rings. The fourth-order valence-corrected chi connectivity index (χ4v) is 2.11. The van der Waals surface area contributed by atoms with Crippen LogP contribution in [0.15, 0.2) is 30.3 Å². The number of Topliss-reactive ketones (excluding diaryl/α,β-unsaturated/α-hetero) is 1. The minimum atomic E-state index is -0.00166. The quantitative estimate of drug-likeness (QED) is 0.837. The summed E-state index contributed by atoms with van der Waals surface area (Å²) in [6, 6.07) is 9.42. The summed E-state index contributed by atoms with van der Waals surface area (Å²) in [7, 11) is 4.92. The number of likely N-dealkylation sites (N-methyl/N-ethyl adjacent to an activating group) is 1. The highest BCUT2D eigenvalue weighted by molar-refractivity contribution is 6.11. The van der Waals surface area contributed by atoms with Gasteiger partial charge in [-0.15, -0.1) is 0 Å². The van der Waals surface area contributed by atoms with Crippen molar-refractivity contribution in [3.8, 4) is 11.5 Å². The van der Waals surface area contributed by atoms with E-state index < -0.39 is 0 Å². The number of benzene rings is 2. The molecular formula is C15H17NO3. The van der Waals surface area contributed by atoms with Gasteiger partial charge in [0.1, 0.15) is 11.5 Å². The molecule has 19 heavy (non-hydrogen) atoms. The number of hydrogen-bond acceptors (Lipinski definition) is 4. The van der Waals surface area contributed by atoms with Crippen LogP contribution in [-0.4, -0.2) is 33.6 Å². The Labute approximate surface area is 112 Å². The number of ketones is 1. The largest absolute Gasteiger partial charge is 0.497 e. The fourth-order valence-electron chi connectivity index (χ4n) is 2.11. The van der Waals surface area contributed by atoms with Crippen LogP contribution in [0.2, 0.25) is 0 Å². The van der Waals surface area contributed by atoms with Crippen LogP contribution in [-0.2, 0) is 0 Å². The highest BCUT2D eigenvalue weighted by Crippen LogP contribution is 2.31. The Balaban J connectivity index is 2.70. The summed E-state index contributed by atoms with van der Waals surface area (Å²) >= 11 is 0. The van der Waals surface area contributed by atoms with Gasteiger partial charge in [-0.3, -0.25) is 4.79 Å². The second-order valence-electron chi connectivity index (χ2n) is 4.18. The van der Waals surface area contributed by atoms with E-state index in [0.29, 0.717) is 11.3 Å². The molecule has 0 spiro atoms. The average Bonchev–Trinajstić information content (AvgIpc) is 2.45. The van der Waals surface area contributed by atoms with E-state index >= 15 is 0 Å². The van der Waals surface area contributed by atoms with Crippen molar-refractivity contribution in [1.29, 1.82) is 0 Å². The molecule has 1 N–H and O–H groups in total. The smallest absolute Gasteiger partial charge is 0.180 e. The number of hydrogen-bond donors (Lipinski definition) is 1. The van der Waals surface area contributed by atoms with E-state index in [1.54, 1.807) is 21.3 Å². The second-order valence-corrected chi connectivity index (χ2v) is 4.18. The van der Waals surface area contributed by atoms with Crippen molar-refractivity contribution in [2.75, 3.05) is 27.8 Å². The first kappa shape index (κ1) is 13.4. The number of rotatable bonds is 5. The zero-order chi connectivity index (χ0) is 13.8. The van der Waals surface area contributed by atoms with E-state index in [1.807, 2.05) is 30.3 Å². The molecule has 0 saturated heterocycles. The number of ether oxygens (including phenoxy) is 2. The maximum atomic E-state index is 12.3. The van der Waals surface area contributed by atoms with Gasteiger partial charge in [0.25, 0.3) is 0 Å². The molecule has 2 aromatic carbocycles. The number of fused-ring (bicyclic) bond motifs is 1. The van der Waals surface area contributed by atoms with Crippen LogP contribution in [0.5, 0.6) is 11.5 Å². The average molecular weight is 259 g/mol. The zero-order valence-corrected chi connectivity index (χ0v) is 11.3. The van der Waals surface area contributed by atoms with Gasteiger partial charge in [0.2, 0.25) is 0 Å². The highest BCUT2D eigenvalue weighted by atomic mass is 16.5. The van der Waals surface area contributed by atoms with Crippen LogP contribution in [0, 0.1) is 0 Å². The van der Waals surface area contributed by atoms with Gasteiger partial charge in [-0.25, -0.2) is 0 Å². The molecule has 0 atom stereocenters. The van der Waals surface area contributed by atoms with E-state index in [9.17, 15) is 4.79 Å². The molecule has 0 aromatic heterocycles. The molecule has 0 aliphatic carbocycles. The molecular weight excluding hydrogens is 242 g/mol. The van der Waals surface area contributed by atoms with Gasteiger partial charge >= 0.3 is 0 Å². The van der Waals surface area contributed by atoms with E-state index in [1.165, 1.54) is 0 Å². The molecule has 0 aliphatic rings. The van der Waals surface area contributed by atoms with Gasteiger partial charge in [-0.05, 0) is 36.0 Å². The van der Waals surface area contributed by atoms with E-state index in [4.69, 9.17) is 9.47 Å². The number of nitrogens with one attached hydrogen (secondary N) is 1. The van der Waals surface area contributed by atoms with Gasteiger partial charge in [-0.2, -0.15) is 0 Å². The Bertz CT molecular complexity index is 602. The van der Waals surface area contributed by atoms with Gasteiger partial charge in [0, 0.05) is 0 Å². The Hall–Kier alpha value is -2.07. The predicted octanol–water partition coefficient (Wildman–Crippen LogP) is 2.26. The molecule has 0 radical (unpaired) electrons. The topological polar surface area (TPSA) is 47.6 Å². The third-order valence-corrected chi connectivity index (χ3v) is 3.03. The third-order valence-electron chi connectivity index (χ3n) is 3.03. The lowest BCUT2D eigenvalue weighted by atomic mass is 9.99. The van der Waals surface area contributed by atoms with Gasteiger partial charge in [0.15, 0.2) is 5.78 Å². The van der Waals surface area contributed by atoms with Crippen LogP contribution in [0.4, 0.5) is 0 Å². The van der Waals surface area contributed by atoms with Gasteiger partial charge in [-0.1, -0.05) is 12.1 Å².